The minimum absolute atomic E-state index is 0.0494. The molecule has 4 nitrogen and oxygen atoms in total. The molecule has 2 aromatic carbocycles. The van der Waals surface area contributed by atoms with Crippen LogP contribution < -0.4 is 0 Å². The summed E-state index contributed by atoms with van der Waals surface area (Å²) in [5.74, 6) is -3.04. The highest BCUT2D eigenvalue weighted by Gasteiger charge is 2.50. The van der Waals surface area contributed by atoms with Crippen LogP contribution in [0, 0.1) is 0 Å². The number of benzene rings is 2. The van der Waals surface area contributed by atoms with Crippen LogP contribution in [0.5, 0.6) is 0 Å². The van der Waals surface area contributed by atoms with Crippen LogP contribution in [0.25, 0.3) is 0 Å². The fourth-order valence-corrected chi connectivity index (χ4v) is 6.02. The Morgan fingerprint density at radius 1 is 1.11 bits per heavy atom. The Bertz CT molecular complexity index is 984. The molecular weight excluding hydrogens is 406 g/mol. The van der Waals surface area contributed by atoms with Gasteiger partial charge in [-0.15, -0.1) is 0 Å². The Morgan fingerprint density at radius 3 is 2.61 bits per heavy atom. The monoisotopic (exact) mass is 426 g/mol. The van der Waals surface area contributed by atoms with E-state index in [1.165, 1.54) is 29.3 Å². The van der Waals surface area contributed by atoms with Gasteiger partial charge >= 0.3 is 0 Å². The van der Waals surface area contributed by atoms with Crippen molar-refractivity contribution in [1.82, 2.24) is 9.21 Å². The molecule has 2 aliphatic heterocycles. The van der Waals surface area contributed by atoms with E-state index in [-0.39, 0.29) is 16.5 Å². The van der Waals surface area contributed by atoms with Crippen LogP contribution in [0.4, 0.5) is 8.78 Å². The predicted octanol–water partition coefficient (Wildman–Crippen LogP) is 3.80. The summed E-state index contributed by atoms with van der Waals surface area (Å²) in [6.07, 6.45) is 0.366. The van der Waals surface area contributed by atoms with Crippen LogP contribution >= 0.6 is 11.6 Å². The summed E-state index contributed by atoms with van der Waals surface area (Å²) < 4.78 is 55.5. The van der Waals surface area contributed by atoms with Crippen molar-refractivity contribution < 1.29 is 17.2 Å². The van der Waals surface area contributed by atoms with Gasteiger partial charge in [0.15, 0.2) is 0 Å². The van der Waals surface area contributed by atoms with Gasteiger partial charge in [-0.1, -0.05) is 41.9 Å². The Labute approximate surface area is 168 Å². The molecule has 28 heavy (non-hydrogen) atoms. The third kappa shape index (κ3) is 3.94. The number of alkyl halides is 2. The minimum atomic E-state index is -4.05. The topological polar surface area (TPSA) is 40.6 Å². The molecule has 0 bridgehead atoms. The normalized spacial score (nSPS) is 22.9. The summed E-state index contributed by atoms with van der Waals surface area (Å²) in [7, 11) is -4.05. The van der Waals surface area contributed by atoms with Crippen molar-refractivity contribution in [3.63, 3.8) is 0 Å². The predicted molar refractivity (Wildman–Crippen MR) is 104 cm³/mol. The van der Waals surface area contributed by atoms with Crippen molar-refractivity contribution in [1.29, 1.82) is 0 Å². The molecule has 1 saturated heterocycles. The summed E-state index contributed by atoms with van der Waals surface area (Å²) in [6, 6.07) is 13.1. The zero-order valence-corrected chi connectivity index (χ0v) is 16.8. The first kappa shape index (κ1) is 19.8. The van der Waals surface area contributed by atoms with Gasteiger partial charge in [-0.2, -0.15) is 4.31 Å². The van der Waals surface area contributed by atoms with Gasteiger partial charge in [-0.05, 0) is 35.7 Å². The molecule has 0 saturated carbocycles. The lowest BCUT2D eigenvalue weighted by Crippen LogP contribution is -2.44. The third-order valence-electron chi connectivity index (χ3n) is 5.41. The van der Waals surface area contributed by atoms with E-state index in [1.54, 1.807) is 6.07 Å². The highest BCUT2D eigenvalue weighted by molar-refractivity contribution is 7.89. The maximum atomic E-state index is 14.2. The smallest absolute Gasteiger partial charge is 0.263 e. The molecule has 2 heterocycles. The molecule has 0 unspecified atom stereocenters. The molecule has 0 spiro atoms. The van der Waals surface area contributed by atoms with E-state index in [0.717, 1.165) is 17.3 Å². The lowest BCUT2D eigenvalue weighted by molar-refractivity contribution is 0.0165. The first-order valence-corrected chi connectivity index (χ1v) is 11.0. The molecule has 8 heteroatoms. The van der Waals surface area contributed by atoms with Gasteiger partial charge in [-0.25, -0.2) is 17.2 Å². The van der Waals surface area contributed by atoms with Crippen molar-refractivity contribution in [2.45, 2.75) is 36.2 Å². The van der Waals surface area contributed by atoms with E-state index < -0.39 is 35.0 Å². The van der Waals surface area contributed by atoms with Crippen molar-refractivity contribution in [3.8, 4) is 0 Å². The minimum Gasteiger partial charge on any atom is -0.297 e. The SMILES string of the molecule is O=S(=O)(c1cccc(Cl)c1)N1CC(F)(F)C[C@H]1CN1CCc2ccccc2C1. The maximum Gasteiger partial charge on any atom is 0.263 e. The molecule has 1 fully saturated rings. The number of fused-ring (bicyclic) bond motifs is 1. The van der Waals surface area contributed by atoms with Crippen LogP contribution in [-0.4, -0.2) is 49.2 Å². The summed E-state index contributed by atoms with van der Waals surface area (Å²) in [5, 5.41) is 0.260. The van der Waals surface area contributed by atoms with E-state index in [4.69, 9.17) is 11.6 Å². The van der Waals surface area contributed by atoms with E-state index >= 15 is 0 Å². The van der Waals surface area contributed by atoms with Gasteiger partial charge in [0, 0.05) is 37.1 Å². The van der Waals surface area contributed by atoms with E-state index in [1.807, 2.05) is 18.2 Å². The van der Waals surface area contributed by atoms with E-state index in [9.17, 15) is 17.2 Å². The van der Waals surface area contributed by atoms with Crippen LogP contribution in [0.1, 0.15) is 17.5 Å². The van der Waals surface area contributed by atoms with E-state index in [0.29, 0.717) is 6.54 Å². The lowest BCUT2D eigenvalue weighted by Gasteiger charge is -2.33. The average Bonchev–Trinajstić information content (AvgIpc) is 2.96. The maximum absolute atomic E-state index is 14.2. The van der Waals surface area contributed by atoms with Crippen molar-refractivity contribution in [3.05, 3.63) is 64.7 Å². The fourth-order valence-electron chi connectivity index (χ4n) is 4.08. The highest BCUT2D eigenvalue weighted by Crippen LogP contribution is 2.37. The zero-order chi connectivity index (χ0) is 19.9. The standard InChI is InChI=1S/C20H21ClF2N2O2S/c21-17-6-3-7-19(10-17)28(26,27)25-14-20(22,23)11-18(25)13-24-9-8-15-4-1-2-5-16(15)12-24/h1-7,10,18H,8-9,11-14H2/t18-/m0/s1. The number of hydrogen-bond donors (Lipinski definition) is 0. The molecule has 0 radical (unpaired) electrons. The quantitative estimate of drug-likeness (QED) is 0.746. The fraction of sp³-hybridized carbons (Fsp3) is 0.400. The van der Waals surface area contributed by atoms with Gasteiger partial charge in [0.1, 0.15) is 0 Å². The van der Waals surface area contributed by atoms with Crippen molar-refractivity contribution in [2.24, 2.45) is 0 Å². The Hall–Kier alpha value is -1.54. The van der Waals surface area contributed by atoms with Gasteiger partial charge < -0.3 is 0 Å². The number of halogens is 3. The Morgan fingerprint density at radius 2 is 1.86 bits per heavy atom. The number of rotatable bonds is 4. The van der Waals surface area contributed by atoms with E-state index in [2.05, 4.69) is 11.0 Å². The second-order valence-corrected chi connectivity index (χ2v) is 9.80. The first-order valence-electron chi connectivity index (χ1n) is 9.19. The molecule has 2 aliphatic rings. The Balaban J connectivity index is 1.57. The van der Waals surface area contributed by atoms with Crippen molar-refractivity contribution >= 4 is 21.6 Å². The largest absolute Gasteiger partial charge is 0.297 e. The molecule has 2 aromatic rings. The van der Waals surface area contributed by atoms with Crippen molar-refractivity contribution in [2.75, 3.05) is 19.6 Å². The summed E-state index contributed by atoms with van der Waals surface area (Å²) in [4.78, 5) is 2.02. The Kier molecular flexibility index (Phi) is 5.20. The summed E-state index contributed by atoms with van der Waals surface area (Å²) >= 11 is 5.91. The first-order chi connectivity index (χ1) is 13.2. The van der Waals surface area contributed by atoms with Crippen LogP contribution in [0.15, 0.2) is 53.4 Å². The molecule has 0 aromatic heterocycles. The van der Waals surface area contributed by atoms with Gasteiger partial charge in [0.25, 0.3) is 5.92 Å². The van der Waals surface area contributed by atoms with Crippen LogP contribution in [0.2, 0.25) is 5.02 Å². The molecule has 1 atom stereocenters. The molecule has 4 rings (SSSR count). The second-order valence-electron chi connectivity index (χ2n) is 7.48. The zero-order valence-electron chi connectivity index (χ0n) is 15.2. The molecule has 0 amide bonds. The molecule has 150 valence electrons. The molecular formula is C20H21ClF2N2O2S. The van der Waals surface area contributed by atoms with Crippen LogP contribution in [-0.2, 0) is 23.0 Å². The molecule has 0 aliphatic carbocycles. The third-order valence-corrected chi connectivity index (χ3v) is 7.54. The summed E-state index contributed by atoms with van der Waals surface area (Å²) in [5.41, 5.74) is 2.43. The van der Waals surface area contributed by atoms with Gasteiger partial charge in [0.2, 0.25) is 10.0 Å². The highest BCUT2D eigenvalue weighted by atomic mass is 35.5. The number of sulfonamides is 1. The molecule has 0 N–H and O–H groups in total. The lowest BCUT2D eigenvalue weighted by atomic mass is 9.99. The number of hydrogen-bond acceptors (Lipinski definition) is 3. The second kappa shape index (κ2) is 7.37. The summed E-state index contributed by atoms with van der Waals surface area (Å²) in [6.45, 7) is 0.855. The average molecular weight is 427 g/mol. The van der Waals surface area contributed by atoms with Crippen LogP contribution in [0.3, 0.4) is 0 Å². The van der Waals surface area contributed by atoms with Gasteiger partial charge in [-0.3, -0.25) is 4.90 Å². The van der Waals surface area contributed by atoms with Gasteiger partial charge in [0.05, 0.1) is 11.4 Å². The number of nitrogens with zero attached hydrogens (tertiary/aromatic N) is 2.